The summed E-state index contributed by atoms with van der Waals surface area (Å²) in [5, 5.41) is 7.09. The Balaban J connectivity index is 0.994. The molecule has 212 valence electrons. The molecular weight excluding hydrogens is 508 g/mol. The summed E-state index contributed by atoms with van der Waals surface area (Å²) in [7, 11) is 0. The van der Waals surface area contributed by atoms with Crippen LogP contribution in [0.1, 0.15) is 62.1 Å². The fourth-order valence-electron chi connectivity index (χ4n) is 5.81. The van der Waals surface area contributed by atoms with Gasteiger partial charge in [-0.05, 0) is 113 Å². The van der Waals surface area contributed by atoms with E-state index in [0.717, 1.165) is 22.7 Å². The van der Waals surface area contributed by atoms with E-state index in [0.29, 0.717) is 0 Å². The Morgan fingerprint density at radius 3 is 1.33 bits per heavy atom. The van der Waals surface area contributed by atoms with Crippen LogP contribution in [0.15, 0.2) is 115 Å². The second kappa shape index (κ2) is 13.6. The molecule has 5 aromatic rings. The van der Waals surface area contributed by atoms with Crippen LogP contribution in [0, 0.1) is 0 Å². The molecule has 0 spiro atoms. The van der Waals surface area contributed by atoms with E-state index in [2.05, 4.69) is 133 Å². The van der Waals surface area contributed by atoms with E-state index in [9.17, 15) is 0 Å². The van der Waals surface area contributed by atoms with Gasteiger partial charge in [0.1, 0.15) is 0 Å². The van der Waals surface area contributed by atoms with E-state index < -0.39 is 0 Å². The molecule has 0 fully saturated rings. The summed E-state index contributed by atoms with van der Waals surface area (Å²) in [4.78, 5) is 0. The average Bonchev–Trinajstić information content (AvgIpc) is 3.02. The molecule has 6 rings (SSSR count). The third-order valence-electron chi connectivity index (χ3n) is 8.54. The van der Waals surface area contributed by atoms with E-state index in [1.54, 1.807) is 0 Å². The molecule has 1 aliphatic carbocycles. The van der Waals surface area contributed by atoms with Crippen molar-refractivity contribution in [3.05, 3.63) is 132 Å². The first-order chi connectivity index (χ1) is 20.7. The van der Waals surface area contributed by atoms with Gasteiger partial charge < -0.3 is 10.6 Å². The number of unbranched alkanes of at least 4 members (excludes halogenated alkanes) is 5. The summed E-state index contributed by atoms with van der Waals surface area (Å²) in [6, 6.07) is 41.9. The van der Waals surface area contributed by atoms with Crippen LogP contribution in [-0.2, 0) is 19.3 Å². The molecular formula is C40H42N2. The number of nitrogens with one attached hydrogen (secondary N) is 2. The molecule has 0 atom stereocenters. The minimum Gasteiger partial charge on any atom is -0.356 e. The van der Waals surface area contributed by atoms with E-state index in [-0.39, 0.29) is 0 Å². The van der Waals surface area contributed by atoms with E-state index in [1.165, 1.54) is 96.7 Å². The lowest BCUT2D eigenvalue weighted by Crippen LogP contribution is -2.07. The minimum atomic E-state index is 1.09. The molecule has 2 nitrogen and oxygen atoms in total. The van der Waals surface area contributed by atoms with Gasteiger partial charge in [-0.2, -0.15) is 0 Å². The van der Waals surface area contributed by atoms with E-state index in [1.807, 2.05) is 0 Å². The second-order valence-corrected chi connectivity index (χ2v) is 11.7. The fraction of sp³-hybridized carbons (Fsp3) is 0.250. The second-order valence-electron chi connectivity index (χ2n) is 11.7. The summed E-state index contributed by atoms with van der Waals surface area (Å²) in [5.41, 5.74) is 13.9. The molecule has 0 bridgehead atoms. The first kappa shape index (κ1) is 27.8. The van der Waals surface area contributed by atoms with Crippen molar-refractivity contribution in [2.24, 2.45) is 0 Å². The number of hydrogen-bond donors (Lipinski definition) is 2. The van der Waals surface area contributed by atoms with Gasteiger partial charge in [-0.3, -0.25) is 0 Å². The number of rotatable bonds is 13. The van der Waals surface area contributed by atoms with Gasteiger partial charge in [0, 0.05) is 22.7 Å². The van der Waals surface area contributed by atoms with Crippen molar-refractivity contribution in [2.75, 3.05) is 10.6 Å². The Kier molecular flexibility index (Phi) is 9.00. The first-order valence-corrected chi connectivity index (χ1v) is 15.8. The molecule has 0 heterocycles. The number of aryl methyl sites for hydroxylation is 3. The maximum Gasteiger partial charge on any atom is 0.0384 e. The zero-order valence-electron chi connectivity index (χ0n) is 24.8. The van der Waals surface area contributed by atoms with Gasteiger partial charge in [-0.15, -0.1) is 0 Å². The Labute approximate surface area is 251 Å². The van der Waals surface area contributed by atoms with Crippen LogP contribution in [-0.4, -0.2) is 0 Å². The molecule has 0 aliphatic heterocycles. The quantitative estimate of drug-likeness (QED) is 0.142. The van der Waals surface area contributed by atoms with Crippen LogP contribution in [0.25, 0.3) is 22.3 Å². The number of benzene rings is 5. The number of fused-ring (bicyclic) bond motifs is 1. The average molecular weight is 551 g/mol. The molecule has 0 saturated carbocycles. The van der Waals surface area contributed by atoms with E-state index >= 15 is 0 Å². The molecule has 2 N–H and O–H groups in total. The molecule has 0 aromatic heterocycles. The lowest BCUT2D eigenvalue weighted by Gasteiger charge is -2.19. The van der Waals surface area contributed by atoms with Crippen LogP contribution in [0.5, 0.6) is 0 Å². The van der Waals surface area contributed by atoms with Crippen molar-refractivity contribution in [1.29, 1.82) is 0 Å². The van der Waals surface area contributed by atoms with Crippen LogP contribution < -0.4 is 10.6 Å². The Morgan fingerprint density at radius 2 is 0.857 bits per heavy atom. The molecule has 2 heteroatoms. The highest BCUT2D eigenvalue weighted by Gasteiger charge is 2.13. The van der Waals surface area contributed by atoms with Gasteiger partial charge in [0.15, 0.2) is 0 Å². The van der Waals surface area contributed by atoms with Gasteiger partial charge in [-0.25, -0.2) is 0 Å². The van der Waals surface area contributed by atoms with Crippen molar-refractivity contribution >= 4 is 22.7 Å². The highest BCUT2D eigenvalue weighted by atomic mass is 14.9. The Bertz CT molecular complexity index is 1560. The van der Waals surface area contributed by atoms with Crippen LogP contribution in [0.4, 0.5) is 22.7 Å². The van der Waals surface area contributed by atoms with Gasteiger partial charge >= 0.3 is 0 Å². The number of hydrogen-bond acceptors (Lipinski definition) is 2. The Hall–Kier alpha value is -4.30. The molecule has 1 aliphatic rings. The van der Waals surface area contributed by atoms with Crippen molar-refractivity contribution in [2.45, 2.75) is 64.7 Å². The third-order valence-corrected chi connectivity index (χ3v) is 8.54. The summed E-state index contributed by atoms with van der Waals surface area (Å²) < 4.78 is 0. The van der Waals surface area contributed by atoms with Crippen molar-refractivity contribution < 1.29 is 0 Å². The zero-order valence-corrected chi connectivity index (χ0v) is 24.8. The third kappa shape index (κ3) is 7.12. The first-order valence-electron chi connectivity index (χ1n) is 15.8. The van der Waals surface area contributed by atoms with Crippen molar-refractivity contribution in [3.63, 3.8) is 0 Å². The fourth-order valence-corrected chi connectivity index (χ4v) is 5.81. The summed E-state index contributed by atoms with van der Waals surface area (Å²) in [6.45, 7) is 2.27. The molecule has 5 aromatic carbocycles. The van der Waals surface area contributed by atoms with Crippen LogP contribution in [0.2, 0.25) is 0 Å². The zero-order chi connectivity index (χ0) is 28.6. The predicted molar refractivity (Wildman–Crippen MR) is 181 cm³/mol. The maximum atomic E-state index is 3.55. The SMILES string of the molecule is CCCCCCCCc1ccc(Nc2ccc(-c3ccc(Nc4ccc(-c5ccc6c(c5)CC6)cc4)cc3)cc2)cc1. The molecule has 42 heavy (non-hydrogen) atoms. The van der Waals surface area contributed by atoms with E-state index in [4.69, 9.17) is 0 Å². The summed E-state index contributed by atoms with van der Waals surface area (Å²) in [5.74, 6) is 0. The normalized spacial score (nSPS) is 11.9. The van der Waals surface area contributed by atoms with Crippen molar-refractivity contribution in [3.8, 4) is 22.3 Å². The van der Waals surface area contributed by atoms with Gasteiger partial charge in [0.25, 0.3) is 0 Å². The molecule has 0 amide bonds. The lowest BCUT2D eigenvalue weighted by molar-refractivity contribution is 0.607. The molecule has 0 radical (unpaired) electrons. The molecule has 0 unspecified atom stereocenters. The highest BCUT2D eigenvalue weighted by molar-refractivity contribution is 5.73. The predicted octanol–water partition coefficient (Wildman–Crippen LogP) is 11.5. The largest absolute Gasteiger partial charge is 0.356 e. The van der Waals surface area contributed by atoms with Gasteiger partial charge in [-0.1, -0.05) is 106 Å². The maximum absolute atomic E-state index is 3.55. The highest BCUT2D eigenvalue weighted by Crippen LogP contribution is 2.31. The van der Waals surface area contributed by atoms with Gasteiger partial charge in [0.2, 0.25) is 0 Å². The lowest BCUT2D eigenvalue weighted by atomic mass is 9.86. The summed E-state index contributed by atoms with van der Waals surface area (Å²) in [6.07, 6.45) is 11.7. The van der Waals surface area contributed by atoms with Gasteiger partial charge in [0.05, 0.1) is 0 Å². The summed E-state index contributed by atoms with van der Waals surface area (Å²) >= 11 is 0. The Morgan fingerprint density at radius 1 is 0.429 bits per heavy atom. The molecule has 0 saturated heterocycles. The monoisotopic (exact) mass is 550 g/mol. The van der Waals surface area contributed by atoms with Crippen LogP contribution in [0.3, 0.4) is 0 Å². The van der Waals surface area contributed by atoms with Crippen LogP contribution >= 0.6 is 0 Å². The minimum absolute atomic E-state index is 1.09. The van der Waals surface area contributed by atoms with Crippen molar-refractivity contribution in [1.82, 2.24) is 0 Å². The smallest absolute Gasteiger partial charge is 0.0384 e. The standard InChI is InChI=1S/C40H42N2/c1-2-3-4-5-6-7-8-30-9-21-37(22-10-30)41-38-23-15-31(16-24-38)32-17-25-39(26-18-32)42-40-27-19-34(20-28-40)36-14-12-33-11-13-35(33)29-36/h9-10,12,14-29,41-42H,2-8,11,13H2,1H3. The topological polar surface area (TPSA) is 24.1 Å². The number of anilines is 4.